The summed E-state index contributed by atoms with van der Waals surface area (Å²) in [5, 5.41) is 36.4. The van der Waals surface area contributed by atoms with E-state index in [9.17, 15) is 10.2 Å². The number of para-hydroxylation sites is 2. The van der Waals surface area contributed by atoms with E-state index in [1.54, 1.807) is 24.3 Å². The Kier molecular flexibility index (Phi) is 8.58. The quantitative estimate of drug-likeness (QED) is 0.608. The average molecular weight is 364 g/mol. The van der Waals surface area contributed by atoms with Gasteiger partial charge in [-0.25, -0.2) is 0 Å². The van der Waals surface area contributed by atoms with Crippen molar-refractivity contribution in [2.75, 3.05) is 6.61 Å². The van der Waals surface area contributed by atoms with Crippen molar-refractivity contribution in [3.05, 3.63) is 42.0 Å². The van der Waals surface area contributed by atoms with Crippen molar-refractivity contribution in [3.8, 4) is 28.7 Å². The van der Waals surface area contributed by atoms with Crippen molar-refractivity contribution >= 4 is 0 Å². The lowest BCUT2D eigenvalue weighted by molar-refractivity contribution is 0.0893. The Hall–Kier alpha value is -2.60. The molecule has 0 aromatic heterocycles. The van der Waals surface area contributed by atoms with E-state index in [2.05, 4.69) is 0 Å². The first kappa shape index (κ1) is 21.4. The Morgan fingerprint density at radius 3 is 2.12 bits per heavy atom. The first-order valence-corrected chi connectivity index (χ1v) is 8.67. The first-order valence-electron chi connectivity index (χ1n) is 8.67. The van der Waals surface area contributed by atoms with Crippen molar-refractivity contribution in [3.63, 3.8) is 0 Å². The molecule has 6 nitrogen and oxygen atoms in total. The third-order valence-corrected chi connectivity index (χ3v) is 3.27. The number of fused-ring (bicyclic) bond motifs is 1. The van der Waals surface area contributed by atoms with Crippen molar-refractivity contribution in [1.82, 2.24) is 0 Å². The molecular formula is C20H28O6. The summed E-state index contributed by atoms with van der Waals surface area (Å²) >= 11 is 0. The Labute approximate surface area is 154 Å². The smallest absolute Gasteiger partial charge is 0.157 e. The maximum absolute atomic E-state index is 9.54. The molecular weight excluding hydrogens is 336 g/mol. The number of rotatable bonds is 2. The molecule has 4 N–H and O–H groups in total. The number of aromatic hydroxyl groups is 3. The molecule has 0 bridgehead atoms. The van der Waals surface area contributed by atoms with E-state index >= 15 is 0 Å². The van der Waals surface area contributed by atoms with Gasteiger partial charge in [-0.05, 0) is 26.0 Å². The zero-order valence-corrected chi connectivity index (χ0v) is 15.6. The van der Waals surface area contributed by atoms with Gasteiger partial charge in [-0.15, -0.1) is 0 Å². The van der Waals surface area contributed by atoms with E-state index in [1.165, 1.54) is 12.1 Å². The molecule has 6 heteroatoms. The molecule has 1 aliphatic rings. The number of ether oxygens (including phenoxy) is 2. The zero-order valence-electron chi connectivity index (χ0n) is 15.6. The molecule has 1 aliphatic heterocycles. The molecule has 0 radical (unpaired) electrons. The minimum atomic E-state index is -0.508. The predicted molar refractivity (Wildman–Crippen MR) is 100 cm³/mol. The van der Waals surface area contributed by atoms with Crippen molar-refractivity contribution < 1.29 is 29.9 Å². The number of hydrogen-bond donors (Lipinski definition) is 4. The highest BCUT2D eigenvalue weighted by atomic mass is 16.5. The highest BCUT2D eigenvalue weighted by Crippen LogP contribution is 2.37. The van der Waals surface area contributed by atoms with Gasteiger partial charge in [-0.1, -0.05) is 26.0 Å². The van der Waals surface area contributed by atoms with Gasteiger partial charge in [-0.2, -0.15) is 0 Å². The fourth-order valence-electron chi connectivity index (χ4n) is 2.24. The summed E-state index contributed by atoms with van der Waals surface area (Å²) < 4.78 is 10.9. The highest BCUT2D eigenvalue weighted by molar-refractivity contribution is 5.51. The van der Waals surface area contributed by atoms with Gasteiger partial charge < -0.3 is 29.9 Å². The van der Waals surface area contributed by atoms with E-state index in [0.717, 1.165) is 5.56 Å². The van der Waals surface area contributed by atoms with Crippen LogP contribution in [0.4, 0.5) is 0 Å². The third-order valence-electron chi connectivity index (χ3n) is 3.27. The Balaban J connectivity index is 0.000000284. The van der Waals surface area contributed by atoms with Crippen molar-refractivity contribution in [2.24, 2.45) is 0 Å². The fraction of sp³-hybridized carbons (Fsp3) is 0.400. The molecule has 0 fully saturated rings. The summed E-state index contributed by atoms with van der Waals surface area (Å²) in [5.41, 5.74) is 0.824. The molecule has 1 unspecified atom stereocenters. The molecule has 3 rings (SSSR count). The Bertz CT molecular complexity index is 663. The molecule has 0 spiro atoms. The first-order chi connectivity index (χ1) is 12.4. The van der Waals surface area contributed by atoms with Gasteiger partial charge in [0.05, 0.1) is 12.2 Å². The number of aliphatic hydroxyl groups excluding tert-OH is 1. The average Bonchev–Trinajstić information content (AvgIpc) is 2.60. The number of benzene rings is 2. The molecule has 0 aliphatic carbocycles. The van der Waals surface area contributed by atoms with Crippen LogP contribution in [0, 0.1) is 0 Å². The van der Waals surface area contributed by atoms with Gasteiger partial charge in [0.1, 0.15) is 23.9 Å². The lowest BCUT2D eigenvalue weighted by atomic mass is 10.0. The van der Waals surface area contributed by atoms with E-state index < -0.39 is 6.10 Å². The lowest BCUT2D eigenvalue weighted by Crippen LogP contribution is -2.26. The fourth-order valence-corrected chi connectivity index (χ4v) is 2.24. The SMILES string of the molecule is CC.CC(C)Oc1cc(O)cc2c1CC(O)CO2.Oc1ccccc1O. The summed E-state index contributed by atoms with van der Waals surface area (Å²) in [4.78, 5) is 0. The van der Waals surface area contributed by atoms with E-state index in [1.807, 2.05) is 27.7 Å². The topological polar surface area (TPSA) is 99.4 Å². The molecule has 1 atom stereocenters. The van der Waals surface area contributed by atoms with Gasteiger partial charge in [0, 0.05) is 24.1 Å². The van der Waals surface area contributed by atoms with Crippen LogP contribution in [0.3, 0.4) is 0 Å². The van der Waals surface area contributed by atoms with Crippen LogP contribution in [0.15, 0.2) is 36.4 Å². The predicted octanol–water partition coefficient (Wildman–Crippen LogP) is 3.60. The van der Waals surface area contributed by atoms with Gasteiger partial charge in [0.25, 0.3) is 0 Å². The van der Waals surface area contributed by atoms with Crippen LogP contribution < -0.4 is 9.47 Å². The van der Waals surface area contributed by atoms with Crippen LogP contribution in [0.2, 0.25) is 0 Å². The second kappa shape index (κ2) is 10.4. The molecule has 26 heavy (non-hydrogen) atoms. The minimum absolute atomic E-state index is 0.0185. The van der Waals surface area contributed by atoms with Crippen LogP contribution in [-0.4, -0.2) is 39.2 Å². The zero-order chi connectivity index (χ0) is 19.7. The van der Waals surface area contributed by atoms with Crippen LogP contribution in [0.25, 0.3) is 0 Å². The minimum Gasteiger partial charge on any atom is -0.508 e. The second-order valence-electron chi connectivity index (χ2n) is 5.74. The summed E-state index contributed by atoms with van der Waals surface area (Å²) in [6.07, 6.45) is 0.00836. The molecule has 0 amide bonds. The standard InChI is InChI=1S/C12H16O4.C6H6O2.C2H6/c1-7(2)16-12-5-8(13)4-11-10(12)3-9(14)6-15-11;7-5-3-1-2-4-6(5)8;1-2/h4-5,7,9,13-14H,3,6H2,1-2H3;1-4,7-8H;1-2H3. The third kappa shape index (κ3) is 6.37. The maximum atomic E-state index is 9.54. The maximum Gasteiger partial charge on any atom is 0.157 e. The number of hydrogen-bond acceptors (Lipinski definition) is 6. The van der Waals surface area contributed by atoms with Gasteiger partial charge in [0.15, 0.2) is 11.5 Å². The normalized spacial score (nSPS) is 14.8. The second-order valence-corrected chi connectivity index (χ2v) is 5.74. The molecule has 144 valence electrons. The van der Waals surface area contributed by atoms with E-state index in [-0.39, 0.29) is 30.0 Å². The Morgan fingerprint density at radius 1 is 1.04 bits per heavy atom. The van der Waals surface area contributed by atoms with Gasteiger partial charge in [0.2, 0.25) is 0 Å². The molecule has 2 aromatic rings. The molecule has 0 saturated carbocycles. The van der Waals surface area contributed by atoms with Gasteiger partial charge in [-0.3, -0.25) is 0 Å². The highest BCUT2D eigenvalue weighted by Gasteiger charge is 2.23. The summed E-state index contributed by atoms with van der Waals surface area (Å²) in [6.45, 7) is 8.09. The van der Waals surface area contributed by atoms with Crippen LogP contribution in [0.1, 0.15) is 33.3 Å². The molecule has 2 aromatic carbocycles. The number of aliphatic hydroxyl groups is 1. The largest absolute Gasteiger partial charge is 0.508 e. The molecule has 0 saturated heterocycles. The number of phenolic OH excluding ortho intramolecular Hbond substituents is 3. The molecule has 1 heterocycles. The van der Waals surface area contributed by atoms with Crippen LogP contribution in [-0.2, 0) is 6.42 Å². The summed E-state index contributed by atoms with van der Waals surface area (Å²) in [5.74, 6) is 1.15. The van der Waals surface area contributed by atoms with E-state index in [0.29, 0.717) is 17.9 Å². The van der Waals surface area contributed by atoms with Gasteiger partial charge >= 0.3 is 0 Å². The van der Waals surface area contributed by atoms with Crippen LogP contribution >= 0.6 is 0 Å². The number of phenols is 3. The van der Waals surface area contributed by atoms with Crippen molar-refractivity contribution in [1.29, 1.82) is 0 Å². The monoisotopic (exact) mass is 364 g/mol. The summed E-state index contributed by atoms with van der Waals surface area (Å²) in [7, 11) is 0. The van der Waals surface area contributed by atoms with Crippen molar-refractivity contribution in [2.45, 2.75) is 46.3 Å². The van der Waals surface area contributed by atoms with E-state index in [4.69, 9.17) is 19.7 Å². The van der Waals surface area contributed by atoms with Crippen LogP contribution in [0.5, 0.6) is 28.7 Å². The Morgan fingerprint density at radius 2 is 1.62 bits per heavy atom. The summed E-state index contributed by atoms with van der Waals surface area (Å²) in [6, 6.07) is 9.25. The lowest BCUT2D eigenvalue weighted by Gasteiger charge is -2.25.